The van der Waals surface area contributed by atoms with Gasteiger partial charge in [-0.15, -0.1) is 10.2 Å². The molecule has 0 spiro atoms. The molecule has 0 radical (unpaired) electrons. The van der Waals surface area contributed by atoms with Crippen LogP contribution in [0, 0.1) is 5.41 Å². The van der Waals surface area contributed by atoms with Gasteiger partial charge in [-0.2, -0.15) is 4.31 Å². The molecule has 1 saturated heterocycles. The van der Waals surface area contributed by atoms with E-state index in [0.717, 1.165) is 19.3 Å². The minimum atomic E-state index is -3.44. The predicted molar refractivity (Wildman–Crippen MR) is 88.9 cm³/mol. The maximum Gasteiger partial charge on any atom is 0.247 e. The Morgan fingerprint density at radius 1 is 1.21 bits per heavy atom. The largest absolute Gasteiger partial charge is 0.420 e. The van der Waals surface area contributed by atoms with Gasteiger partial charge in [0.2, 0.25) is 21.8 Å². The van der Waals surface area contributed by atoms with E-state index in [-0.39, 0.29) is 10.3 Å². The first-order valence-electron chi connectivity index (χ1n) is 8.32. The van der Waals surface area contributed by atoms with Gasteiger partial charge >= 0.3 is 0 Å². The molecule has 4 rings (SSSR count). The summed E-state index contributed by atoms with van der Waals surface area (Å²) in [6.07, 6.45) is 2.88. The summed E-state index contributed by atoms with van der Waals surface area (Å²) >= 11 is 0. The predicted octanol–water partition coefficient (Wildman–Crippen LogP) is 3.03. The van der Waals surface area contributed by atoms with Gasteiger partial charge in [-0.3, -0.25) is 0 Å². The van der Waals surface area contributed by atoms with Gasteiger partial charge in [-0.25, -0.2) is 8.42 Å². The minimum absolute atomic E-state index is 0.213. The summed E-state index contributed by atoms with van der Waals surface area (Å²) in [5, 5.41) is 8.25. The quantitative estimate of drug-likeness (QED) is 0.849. The van der Waals surface area contributed by atoms with Crippen molar-refractivity contribution in [1.82, 2.24) is 14.5 Å². The van der Waals surface area contributed by atoms with Crippen molar-refractivity contribution in [2.45, 2.75) is 43.9 Å². The summed E-state index contributed by atoms with van der Waals surface area (Å²) in [5.41, 5.74) is 0.859. The van der Waals surface area contributed by atoms with Crippen molar-refractivity contribution in [1.29, 1.82) is 0 Å². The molecule has 0 bridgehead atoms. The van der Waals surface area contributed by atoms with Crippen LogP contribution in [0.5, 0.6) is 0 Å². The van der Waals surface area contributed by atoms with Crippen molar-refractivity contribution in [3.63, 3.8) is 0 Å². The molecule has 1 atom stereocenters. The average molecular weight is 347 g/mol. The van der Waals surface area contributed by atoms with Gasteiger partial charge in [0, 0.05) is 24.6 Å². The number of rotatable bonds is 4. The molecule has 2 aromatic rings. The monoisotopic (exact) mass is 347 g/mol. The zero-order valence-electron chi connectivity index (χ0n) is 13.9. The summed E-state index contributed by atoms with van der Waals surface area (Å²) in [7, 11) is -3.44. The third-order valence-electron chi connectivity index (χ3n) is 5.04. The normalized spacial score (nSPS) is 23.5. The Labute approximate surface area is 141 Å². The second-order valence-electron chi connectivity index (χ2n) is 7.33. The molecule has 2 heterocycles. The van der Waals surface area contributed by atoms with Crippen LogP contribution in [0.15, 0.2) is 33.6 Å². The average Bonchev–Trinajstić information content (AvgIpc) is 3.04. The van der Waals surface area contributed by atoms with Crippen molar-refractivity contribution in [3.8, 4) is 11.5 Å². The molecule has 1 aromatic carbocycles. The van der Waals surface area contributed by atoms with Crippen molar-refractivity contribution in [2.75, 3.05) is 13.1 Å². The van der Waals surface area contributed by atoms with Gasteiger partial charge in [0.05, 0.1) is 4.90 Å². The van der Waals surface area contributed by atoms with Crippen LogP contribution in [-0.4, -0.2) is 36.0 Å². The molecule has 1 aromatic heterocycles. The van der Waals surface area contributed by atoms with Crippen LogP contribution in [0.1, 0.15) is 44.9 Å². The fourth-order valence-electron chi connectivity index (χ4n) is 3.25. The Morgan fingerprint density at radius 3 is 2.58 bits per heavy atom. The van der Waals surface area contributed by atoms with Gasteiger partial charge in [-0.1, -0.05) is 19.9 Å². The second kappa shape index (κ2) is 5.39. The zero-order chi connectivity index (χ0) is 16.9. The summed E-state index contributed by atoms with van der Waals surface area (Å²) < 4.78 is 32.7. The second-order valence-corrected chi connectivity index (χ2v) is 9.27. The molecule has 1 aliphatic carbocycles. The highest BCUT2D eigenvalue weighted by Crippen LogP contribution is 2.58. The van der Waals surface area contributed by atoms with E-state index in [1.165, 1.54) is 4.31 Å². The van der Waals surface area contributed by atoms with Gasteiger partial charge in [0.25, 0.3) is 0 Å². The van der Waals surface area contributed by atoms with Gasteiger partial charge in [0.15, 0.2) is 0 Å². The van der Waals surface area contributed by atoms with Crippen molar-refractivity contribution < 1.29 is 12.8 Å². The lowest BCUT2D eigenvalue weighted by Gasteiger charge is -2.15. The number of hydrogen-bond donors (Lipinski definition) is 0. The molecule has 1 unspecified atom stereocenters. The summed E-state index contributed by atoms with van der Waals surface area (Å²) in [5.74, 6) is 1.32. The maximum absolute atomic E-state index is 12.7. The molecule has 6 nitrogen and oxygen atoms in total. The first-order chi connectivity index (χ1) is 11.4. The molecule has 7 heteroatoms. The molecular weight excluding hydrogens is 326 g/mol. The van der Waals surface area contributed by atoms with Crippen LogP contribution in [0.3, 0.4) is 0 Å². The third kappa shape index (κ3) is 2.65. The fourth-order valence-corrected chi connectivity index (χ4v) is 4.81. The summed E-state index contributed by atoms with van der Waals surface area (Å²) in [6.45, 7) is 5.53. The molecular formula is C17H21N3O3S. The van der Waals surface area contributed by atoms with E-state index in [1.54, 1.807) is 24.3 Å². The standard InChI is InChI=1S/C17H21N3O3S/c1-17(2)11-14(17)16-19-18-15(23-16)12-6-5-7-13(10-12)24(21,22)20-8-3-4-9-20/h5-7,10,14H,3-4,8-9,11H2,1-2H3. The third-order valence-corrected chi connectivity index (χ3v) is 6.93. The van der Waals surface area contributed by atoms with Crippen molar-refractivity contribution in [2.24, 2.45) is 5.41 Å². The highest BCUT2D eigenvalue weighted by molar-refractivity contribution is 7.89. The number of aromatic nitrogens is 2. The number of nitrogens with zero attached hydrogens (tertiary/aromatic N) is 3. The molecule has 128 valence electrons. The van der Waals surface area contributed by atoms with Gasteiger partial charge in [-0.05, 0) is 42.9 Å². The lowest BCUT2D eigenvalue weighted by molar-refractivity contribution is 0.475. The van der Waals surface area contributed by atoms with Crippen LogP contribution >= 0.6 is 0 Å². The van der Waals surface area contributed by atoms with E-state index in [2.05, 4.69) is 24.0 Å². The Hall–Kier alpha value is -1.73. The molecule has 1 saturated carbocycles. The zero-order valence-corrected chi connectivity index (χ0v) is 14.7. The highest BCUT2D eigenvalue weighted by Gasteiger charge is 2.50. The number of benzene rings is 1. The van der Waals surface area contributed by atoms with E-state index in [1.807, 2.05) is 0 Å². The minimum Gasteiger partial charge on any atom is -0.420 e. The molecule has 0 N–H and O–H groups in total. The molecule has 0 amide bonds. The van der Waals surface area contributed by atoms with Crippen LogP contribution in [0.2, 0.25) is 0 Å². The fraction of sp³-hybridized carbons (Fsp3) is 0.529. The van der Waals surface area contributed by atoms with Gasteiger partial charge < -0.3 is 4.42 Å². The Morgan fingerprint density at radius 2 is 1.92 bits per heavy atom. The van der Waals surface area contributed by atoms with Crippen molar-refractivity contribution >= 4 is 10.0 Å². The SMILES string of the molecule is CC1(C)CC1c1nnc(-c2cccc(S(=O)(=O)N3CCCC3)c2)o1. The lowest BCUT2D eigenvalue weighted by Crippen LogP contribution is -2.27. The first-order valence-corrected chi connectivity index (χ1v) is 9.76. The molecule has 1 aliphatic heterocycles. The van der Waals surface area contributed by atoms with Crippen LogP contribution in [0.4, 0.5) is 0 Å². The summed E-state index contributed by atoms with van der Waals surface area (Å²) in [6, 6.07) is 6.78. The summed E-state index contributed by atoms with van der Waals surface area (Å²) in [4.78, 5) is 0.286. The van der Waals surface area contributed by atoms with Crippen LogP contribution in [0.25, 0.3) is 11.5 Å². The maximum atomic E-state index is 12.7. The van der Waals surface area contributed by atoms with E-state index in [9.17, 15) is 8.42 Å². The van der Waals surface area contributed by atoms with E-state index < -0.39 is 10.0 Å². The van der Waals surface area contributed by atoms with E-state index in [4.69, 9.17) is 4.42 Å². The lowest BCUT2D eigenvalue weighted by atomic mass is 10.1. The number of hydrogen-bond acceptors (Lipinski definition) is 5. The molecule has 2 fully saturated rings. The van der Waals surface area contributed by atoms with E-state index in [0.29, 0.717) is 36.4 Å². The smallest absolute Gasteiger partial charge is 0.247 e. The first kappa shape index (κ1) is 15.8. The molecule has 2 aliphatic rings. The topological polar surface area (TPSA) is 76.3 Å². The number of sulfonamides is 1. The highest BCUT2D eigenvalue weighted by atomic mass is 32.2. The van der Waals surface area contributed by atoms with Crippen LogP contribution in [-0.2, 0) is 10.0 Å². The Balaban J connectivity index is 1.63. The van der Waals surface area contributed by atoms with Crippen molar-refractivity contribution in [3.05, 3.63) is 30.2 Å². The van der Waals surface area contributed by atoms with Gasteiger partial charge in [0.1, 0.15) is 0 Å². The van der Waals surface area contributed by atoms with E-state index >= 15 is 0 Å². The van der Waals surface area contributed by atoms with Crippen LogP contribution < -0.4 is 0 Å². The Bertz CT molecular complexity index is 867. The Kier molecular flexibility index (Phi) is 3.54. The molecule has 24 heavy (non-hydrogen) atoms.